The molecule has 2 heterocycles. The Kier molecular flexibility index (Phi) is 2.89. The molecule has 0 bridgehead atoms. The SMILES string of the molecule is Cn1cc2ccc3nc[n+](C)c4ccc(c1=O)c2c34.[I-]. The summed E-state index contributed by atoms with van der Waals surface area (Å²) in [6.45, 7) is 0. The van der Waals surface area contributed by atoms with Gasteiger partial charge in [-0.3, -0.25) is 4.79 Å². The van der Waals surface area contributed by atoms with Crippen molar-refractivity contribution in [2.24, 2.45) is 14.1 Å². The van der Waals surface area contributed by atoms with Gasteiger partial charge in [-0.05, 0) is 34.6 Å². The maximum atomic E-state index is 12.3. The number of aromatic nitrogens is 3. The zero-order chi connectivity index (χ0) is 13.1. The molecule has 0 radical (unpaired) electrons. The van der Waals surface area contributed by atoms with Gasteiger partial charge in [-0.2, -0.15) is 0 Å². The molecule has 0 spiro atoms. The molecule has 0 aliphatic heterocycles. The van der Waals surface area contributed by atoms with Gasteiger partial charge in [0, 0.05) is 24.0 Å². The van der Waals surface area contributed by atoms with Crippen LogP contribution in [0.25, 0.3) is 32.6 Å². The van der Waals surface area contributed by atoms with Crippen molar-refractivity contribution in [1.82, 2.24) is 9.55 Å². The highest BCUT2D eigenvalue weighted by Crippen LogP contribution is 2.29. The Bertz CT molecular complexity index is 1010. The number of rotatable bonds is 0. The molecule has 4 nitrogen and oxygen atoms in total. The quantitative estimate of drug-likeness (QED) is 0.213. The van der Waals surface area contributed by atoms with Gasteiger partial charge in [0.1, 0.15) is 5.52 Å². The van der Waals surface area contributed by atoms with Gasteiger partial charge in [0.05, 0.1) is 12.4 Å². The molecule has 0 N–H and O–H groups in total. The number of halogens is 1. The Morgan fingerprint density at radius 2 is 1.95 bits per heavy atom. The molecular weight excluding hydrogens is 365 g/mol. The summed E-state index contributed by atoms with van der Waals surface area (Å²) < 4.78 is 3.62. The van der Waals surface area contributed by atoms with Gasteiger partial charge in [0.15, 0.2) is 5.52 Å². The summed E-state index contributed by atoms with van der Waals surface area (Å²) in [5, 5.41) is 3.91. The van der Waals surface area contributed by atoms with Crippen LogP contribution in [0.3, 0.4) is 0 Å². The predicted octanol–water partition coefficient (Wildman–Crippen LogP) is -1.49. The van der Waals surface area contributed by atoms with E-state index < -0.39 is 0 Å². The Hall–Kier alpha value is -1.76. The van der Waals surface area contributed by atoms with Crippen LogP contribution in [0.2, 0.25) is 0 Å². The van der Waals surface area contributed by atoms with Gasteiger partial charge >= 0.3 is 0 Å². The summed E-state index contributed by atoms with van der Waals surface area (Å²) >= 11 is 0. The minimum atomic E-state index is 0. The van der Waals surface area contributed by atoms with E-state index in [1.807, 2.05) is 42.1 Å². The maximum absolute atomic E-state index is 12.3. The molecule has 0 amide bonds. The predicted molar refractivity (Wildman–Crippen MR) is 74.4 cm³/mol. The highest BCUT2D eigenvalue weighted by molar-refractivity contribution is 6.20. The summed E-state index contributed by atoms with van der Waals surface area (Å²) in [6.07, 6.45) is 3.69. The third kappa shape index (κ3) is 1.56. The molecule has 4 rings (SSSR count). The zero-order valence-electron chi connectivity index (χ0n) is 11.1. The second-order valence-electron chi connectivity index (χ2n) is 4.96. The van der Waals surface area contributed by atoms with E-state index in [1.165, 1.54) is 0 Å². The average molecular weight is 377 g/mol. The first-order valence-electron chi connectivity index (χ1n) is 6.15. The molecule has 0 saturated carbocycles. The van der Waals surface area contributed by atoms with Crippen LogP contribution in [0.1, 0.15) is 0 Å². The van der Waals surface area contributed by atoms with E-state index in [-0.39, 0.29) is 29.5 Å². The fraction of sp³-hybridized carbons (Fsp3) is 0.133. The van der Waals surface area contributed by atoms with E-state index in [0.29, 0.717) is 0 Å². The second kappa shape index (κ2) is 4.37. The lowest BCUT2D eigenvalue weighted by Gasteiger charge is -2.09. The Balaban J connectivity index is 0.00000121. The fourth-order valence-electron chi connectivity index (χ4n) is 2.84. The van der Waals surface area contributed by atoms with Gasteiger partial charge in [-0.1, -0.05) is 0 Å². The molecule has 2 aromatic heterocycles. The smallest absolute Gasteiger partial charge is 0.287 e. The Morgan fingerprint density at radius 1 is 1.15 bits per heavy atom. The van der Waals surface area contributed by atoms with Gasteiger partial charge in [0.2, 0.25) is 0 Å². The number of benzene rings is 2. The molecule has 0 fully saturated rings. The van der Waals surface area contributed by atoms with Crippen LogP contribution in [0.4, 0.5) is 0 Å². The highest BCUT2D eigenvalue weighted by atomic mass is 127. The van der Waals surface area contributed by atoms with Gasteiger partial charge < -0.3 is 28.5 Å². The van der Waals surface area contributed by atoms with Crippen molar-refractivity contribution in [3.8, 4) is 0 Å². The monoisotopic (exact) mass is 377 g/mol. The van der Waals surface area contributed by atoms with E-state index in [1.54, 1.807) is 17.9 Å². The summed E-state index contributed by atoms with van der Waals surface area (Å²) in [5.41, 5.74) is 2.06. The van der Waals surface area contributed by atoms with Crippen LogP contribution in [0.5, 0.6) is 0 Å². The summed E-state index contributed by atoms with van der Waals surface area (Å²) in [5.74, 6) is 0. The number of pyridine rings is 1. The largest absolute Gasteiger partial charge is 1.00 e. The van der Waals surface area contributed by atoms with Crippen molar-refractivity contribution in [3.05, 3.63) is 47.1 Å². The fourth-order valence-corrected chi connectivity index (χ4v) is 2.84. The van der Waals surface area contributed by atoms with E-state index >= 15 is 0 Å². The van der Waals surface area contributed by atoms with E-state index in [0.717, 1.165) is 32.6 Å². The molecule has 5 heteroatoms. The minimum Gasteiger partial charge on any atom is -1.00 e. The van der Waals surface area contributed by atoms with Crippen molar-refractivity contribution in [2.75, 3.05) is 0 Å². The first-order valence-corrected chi connectivity index (χ1v) is 6.15. The normalized spacial score (nSPS) is 11.3. The van der Waals surface area contributed by atoms with Crippen LogP contribution >= 0.6 is 0 Å². The lowest BCUT2D eigenvalue weighted by atomic mass is 10.0. The topological polar surface area (TPSA) is 38.8 Å². The molecule has 0 aliphatic rings. The first kappa shape index (κ1) is 13.2. The van der Waals surface area contributed by atoms with Crippen molar-refractivity contribution < 1.29 is 28.5 Å². The molecular formula is C15H12IN3O. The van der Waals surface area contributed by atoms with Crippen molar-refractivity contribution in [3.63, 3.8) is 0 Å². The van der Waals surface area contributed by atoms with Gasteiger partial charge in [0.25, 0.3) is 11.9 Å². The van der Waals surface area contributed by atoms with Crippen molar-refractivity contribution in [2.45, 2.75) is 0 Å². The molecule has 0 unspecified atom stereocenters. The second-order valence-corrected chi connectivity index (χ2v) is 4.96. The maximum Gasteiger partial charge on any atom is 0.287 e. The van der Waals surface area contributed by atoms with Crippen molar-refractivity contribution in [1.29, 1.82) is 0 Å². The van der Waals surface area contributed by atoms with E-state index in [4.69, 9.17) is 0 Å². The lowest BCUT2D eigenvalue weighted by molar-refractivity contribution is -0.647. The lowest BCUT2D eigenvalue weighted by Crippen LogP contribution is -3.00. The zero-order valence-corrected chi connectivity index (χ0v) is 13.2. The summed E-state index contributed by atoms with van der Waals surface area (Å²) in [4.78, 5) is 16.7. The van der Waals surface area contributed by atoms with Crippen LogP contribution in [-0.4, -0.2) is 9.55 Å². The highest BCUT2D eigenvalue weighted by Gasteiger charge is 2.16. The Morgan fingerprint density at radius 3 is 2.75 bits per heavy atom. The van der Waals surface area contributed by atoms with Crippen LogP contribution in [0, 0.1) is 0 Å². The van der Waals surface area contributed by atoms with Gasteiger partial charge in [-0.15, -0.1) is 0 Å². The average Bonchev–Trinajstić information content (AvgIpc) is 2.42. The molecule has 2 aromatic carbocycles. The molecule has 4 aromatic rings. The Labute approximate surface area is 132 Å². The standard InChI is InChI=1S/C15H12N3O.HI/c1-17-7-9-3-5-11-14-12(18(2)8-16-11)6-4-10(13(9)14)15(17)19;/h3-8H,1-2H3;1H/q+1;/p-1. The minimum absolute atomic E-state index is 0. The third-order valence-electron chi connectivity index (χ3n) is 3.78. The van der Waals surface area contributed by atoms with Crippen LogP contribution in [0.15, 0.2) is 41.6 Å². The van der Waals surface area contributed by atoms with E-state index in [9.17, 15) is 4.79 Å². The number of hydrogen-bond acceptors (Lipinski definition) is 2. The summed E-state index contributed by atoms with van der Waals surface area (Å²) in [6, 6.07) is 7.94. The van der Waals surface area contributed by atoms with Gasteiger partial charge in [-0.25, -0.2) is 4.57 Å². The number of aryl methyl sites for hydroxylation is 2. The molecule has 100 valence electrons. The number of nitrogens with zero attached hydrogens (tertiary/aromatic N) is 3. The van der Waals surface area contributed by atoms with Crippen LogP contribution in [-0.2, 0) is 14.1 Å². The summed E-state index contributed by atoms with van der Waals surface area (Å²) in [7, 11) is 3.76. The van der Waals surface area contributed by atoms with E-state index in [2.05, 4.69) is 4.98 Å². The third-order valence-corrected chi connectivity index (χ3v) is 3.78. The number of hydrogen-bond donors (Lipinski definition) is 0. The molecule has 0 atom stereocenters. The molecule has 0 saturated heterocycles. The molecule has 20 heavy (non-hydrogen) atoms. The molecule has 0 aliphatic carbocycles. The van der Waals surface area contributed by atoms with Crippen molar-refractivity contribution >= 4 is 32.6 Å². The first-order chi connectivity index (χ1) is 9.16. The van der Waals surface area contributed by atoms with Crippen LogP contribution < -0.4 is 34.1 Å².